The zero-order valence-corrected chi connectivity index (χ0v) is 10.5. The fourth-order valence-electron chi connectivity index (χ4n) is 1.47. The maximum Gasteiger partial charge on any atom is 0.0763 e. The van der Waals surface area contributed by atoms with Gasteiger partial charge < -0.3 is 5.11 Å². The van der Waals surface area contributed by atoms with Crippen molar-refractivity contribution in [3.8, 4) is 0 Å². The van der Waals surface area contributed by atoms with E-state index >= 15 is 0 Å². The molecule has 1 aliphatic heterocycles. The van der Waals surface area contributed by atoms with Crippen LogP contribution in [0.5, 0.6) is 0 Å². The molecule has 0 radical (unpaired) electrons. The molecule has 0 aromatic heterocycles. The largest absolute Gasteiger partial charge is 0.391 e. The summed E-state index contributed by atoms with van der Waals surface area (Å²) in [5.74, 6) is 1.20. The van der Waals surface area contributed by atoms with Crippen LogP contribution in [0.4, 0.5) is 0 Å². The molecule has 1 saturated heterocycles. The van der Waals surface area contributed by atoms with Crippen LogP contribution < -0.4 is 0 Å². The highest BCUT2D eigenvalue weighted by Crippen LogP contribution is 2.18. The first-order chi connectivity index (χ1) is 6.22. The van der Waals surface area contributed by atoms with Crippen molar-refractivity contribution < 1.29 is 5.11 Å². The average molecular weight is 268 g/mol. The van der Waals surface area contributed by atoms with E-state index in [0.29, 0.717) is 5.33 Å². The molecule has 0 aromatic carbocycles. The maximum atomic E-state index is 9.47. The first kappa shape index (κ1) is 11.8. The van der Waals surface area contributed by atoms with Crippen molar-refractivity contribution in [2.75, 3.05) is 30.7 Å². The van der Waals surface area contributed by atoms with E-state index in [1.165, 1.54) is 12.2 Å². The van der Waals surface area contributed by atoms with E-state index in [2.05, 4.69) is 27.8 Å². The second kappa shape index (κ2) is 6.27. The van der Waals surface area contributed by atoms with Gasteiger partial charge >= 0.3 is 0 Å². The van der Waals surface area contributed by atoms with E-state index in [1.54, 1.807) is 0 Å². The second-order valence-electron chi connectivity index (χ2n) is 3.58. The first-order valence-corrected chi connectivity index (χ1v) is 6.97. The van der Waals surface area contributed by atoms with Crippen molar-refractivity contribution in [3.05, 3.63) is 0 Å². The Hall–Kier alpha value is 0.750. The summed E-state index contributed by atoms with van der Waals surface area (Å²) in [7, 11) is 0. The number of nitrogens with zero attached hydrogens (tertiary/aromatic N) is 1. The molecule has 0 saturated carbocycles. The van der Waals surface area contributed by atoms with Crippen molar-refractivity contribution >= 4 is 27.7 Å². The van der Waals surface area contributed by atoms with Crippen LogP contribution in [0.1, 0.15) is 13.3 Å². The molecule has 2 atom stereocenters. The number of hydrogen-bond donors (Lipinski definition) is 1. The standard InChI is InChI=1S/C9H18BrNOS/c1-8-2-3-11(4-5-13-8)7-9(12)6-10/h8-9,12H,2-7H2,1H3. The Morgan fingerprint density at radius 2 is 2.38 bits per heavy atom. The van der Waals surface area contributed by atoms with Crippen molar-refractivity contribution in [1.29, 1.82) is 0 Å². The lowest BCUT2D eigenvalue weighted by Crippen LogP contribution is -2.34. The van der Waals surface area contributed by atoms with E-state index in [9.17, 15) is 5.11 Å². The molecule has 1 aliphatic rings. The van der Waals surface area contributed by atoms with Crippen LogP contribution in [0.25, 0.3) is 0 Å². The van der Waals surface area contributed by atoms with E-state index in [1.807, 2.05) is 11.8 Å². The van der Waals surface area contributed by atoms with Crippen LogP contribution in [0.15, 0.2) is 0 Å². The summed E-state index contributed by atoms with van der Waals surface area (Å²) in [5.41, 5.74) is 0. The molecule has 1 rings (SSSR count). The minimum absolute atomic E-state index is 0.210. The van der Waals surface area contributed by atoms with Crippen LogP contribution >= 0.6 is 27.7 Å². The Morgan fingerprint density at radius 3 is 3.08 bits per heavy atom. The maximum absolute atomic E-state index is 9.47. The number of β-amino-alcohol motifs (C(OH)–C–C–N with tert-alkyl or cyclic N) is 1. The van der Waals surface area contributed by atoms with Gasteiger partial charge in [0.15, 0.2) is 0 Å². The highest BCUT2D eigenvalue weighted by Gasteiger charge is 2.15. The topological polar surface area (TPSA) is 23.5 Å². The summed E-state index contributed by atoms with van der Waals surface area (Å²) < 4.78 is 0. The zero-order valence-electron chi connectivity index (χ0n) is 8.08. The summed E-state index contributed by atoms with van der Waals surface area (Å²) in [6, 6.07) is 0. The minimum Gasteiger partial charge on any atom is -0.391 e. The molecule has 1 fully saturated rings. The molecular formula is C9H18BrNOS. The molecule has 2 unspecified atom stereocenters. The summed E-state index contributed by atoms with van der Waals surface area (Å²) in [4.78, 5) is 2.36. The number of halogens is 1. The van der Waals surface area contributed by atoms with Gasteiger partial charge in [-0.3, -0.25) is 4.90 Å². The molecule has 2 nitrogen and oxygen atoms in total. The summed E-state index contributed by atoms with van der Waals surface area (Å²) >= 11 is 5.33. The number of rotatable bonds is 3. The molecule has 0 spiro atoms. The smallest absolute Gasteiger partial charge is 0.0763 e. The summed E-state index contributed by atoms with van der Waals surface area (Å²) in [5, 5.41) is 10.9. The third-order valence-corrected chi connectivity index (χ3v) is 4.28. The van der Waals surface area contributed by atoms with Crippen LogP contribution in [-0.4, -0.2) is 52.1 Å². The lowest BCUT2D eigenvalue weighted by atomic mass is 10.3. The van der Waals surface area contributed by atoms with Crippen molar-refractivity contribution in [3.63, 3.8) is 0 Å². The Labute approximate surface area is 93.2 Å². The number of alkyl halides is 1. The Kier molecular flexibility index (Phi) is 5.71. The van der Waals surface area contributed by atoms with Gasteiger partial charge in [-0.15, -0.1) is 0 Å². The van der Waals surface area contributed by atoms with Crippen molar-refractivity contribution in [2.24, 2.45) is 0 Å². The van der Waals surface area contributed by atoms with E-state index in [0.717, 1.165) is 24.9 Å². The molecule has 0 aromatic rings. The van der Waals surface area contributed by atoms with Gasteiger partial charge in [0.05, 0.1) is 6.10 Å². The normalized spacial score (nSPS) is 28.4. The van der Waals surface area contributed by atoms with Gasteiger partial charge in [-0.1, -0.05) is 22.9 Å². The fraction of sp³-hybridized carbons (Fsp3) is 1.00. The van der Waals surface area contributed by atoms with Gasteiger partial charge in [0, 0.05) is 29.4 Å². The van der Waals surface area contributed by atoms with E-state index in [4.69, 9.17) is 0 Å². The van der Waals surface area contributed by atoms with Crippen LogP contribution in [0.3, 0.4) is 0 Å². The lowest BCUT2D eigenvalue weighted by Gasteiger charge is -2.21. The average Bonchev–Trinajstić information content (AvgIpc) is 2.31. The third kappa shape index (κ3) is 4.68. The molecule has 1 heterocycles. The van der Waals surface area contributed by atoms with Crippen LogP contribution in [-0.2, 0) is 0 Å². The van der Waals surface area contributed by atoms with E-state index in [-0.39, 0.29) is 6.10 Å². The molecule has 78 valence electrons. The van der Waals surface area contributed by atoms with Crippen LogP contribution in [0, 0.1) is 0 Å². The predicted octanol–water partition coefficient (Wildman–Crippen LogP) is 1.57. The number of thioether (sulfide) groups is 1. The molecule has 0 aliphatic carbocycles. The molecule has 13 heavy (non-hydrogen) atoms. The lowest BCUT2D eigenvalue weighted by molar-refractivity contribution is 0.135. The number of aliphatic hydroxyl groups excluding tert-OH is 1. The van der Waals surface area contributed by atoms with Crippen LogP contribution in [0.2, 0.25) is 0 Å². The van der Waals surface area contributed by atoms with Gasteiger partial charge in [0.25, 0.3) is 0 Å². The van der Waals surface area contributed by atoms with Gasteiger partial charge in [0.1, 0.15) is 0 Å². The van der Waals surface area contributed by atoms with Gasteiger partial charge in [-0.05, 0) is 13.0 Å². The predicted molar refractivity (Wildman–Crippen MR) is 62.8 cm³/mol. The quantitative estimate of drug-likeness (QED) is 0.786. The van der Waals surface area contributed by atoms with Gasteiger partial charge in [-0.25, -0.2) is 0 Å². The second-order valence-corrected chi connectivity index (χ2v) is 5.77. The monoisotopic (exact) mass is 267 g/mol. The Morgan fingerprint density at radius 1 is 1.62 bits per heavy atom. The fourth-order valence-corrected chi connectivity index (χ4v) is 2.71. The SMILES string of the molecule is CC1CCN(CC(O)CBr)CCS1. The minimum atomic E-state index is -0.210. The van der Waals surface area contributed by atoms with Gasteiger partial charge in [-0.2, -0.15) is 11.8 Å². The van der Waals surface area contributed by atoms with Gasteiger partial charge in [0.2, 0.25) is 0 Å². The first-order valence-electron chi connectivity index (χ1n) is 4.80. The van der Waals surface area contributed by atoms with E-state index < -0.39 is 0 Å². The number of aliphatic hydroxyl groups is 1. The molecular weight excluding hydrogens is 250 g/mol. The number of hydrogen-bond acceptors (Lipinski definition) is 3. The summed E-state index contributed by atoms with van der Waals surface area (Å²) in [6.07, 6.45) is 1.04. The molecule has 0 amide bonds. The molecule has 0 bridgehead atoms. The van der Waals surface area contributed by atoms with Crippen molar-refractivity contribution in [2.45, 2.75) is 24.7 Å². The Balaban J connectivity index is 2.25. The third-order valence-electron chi connectivity index (χ3n) is 2.31. The van der Waals surface area contributed by atoms with Crippen molar-refractivity contribution in [1.82, 2.24) is 4.90 Å². The molecule has 4 heteroatoms. The zero-order chi connectivity index (χ0) is 9.68. The highest BCUT2D eigenvalue weighted by molar-refractivity contribution is 9.09. The highest BCUT2D eigenvalue weighted by atomic mass is 79.9. The summed E-state index contributed by atoms with van der Waals surface area (Å²) in [6.45, 7) is 5.37. The Bertz CT molecular complexity index is 148. The molecule has 1 N–H and O–H groups in total.